The number of nitrogens with zero attached hydrogens (tertiary/aromatic N) is 2. The van der Waals surface area contributed by atoms with Gasteiger partial charge >= 0.3 is 5.97 Å². The van der Waals surface area contributed by atoms with Gasteiger partial charge in [0.15, 0.2) is 4.96 Å². The van der Waals surface area contributed by atoms with E-state index in [1.807, 2.05) is 17.5 Å². The molecule has 0 spiro atoms. The number of rotatable bonds is 6. The van der Waals surface area contributed by atoms with Gasteiger partial charge in [-0.05, 0) is 37.6 Å². The van der Waals surface area contributed by atoms with E-state index in [1.165, 1.54) is 23.5 Å². The number of aromatic nitrogens is 2. The Hall–Kier alpha value is -2.74. The number of hydrogen-bond acceptors (Lipinski definition) is 4. The Bertz CT molecular complexity index is 931. The van der Waals surface area contributed by atoms with Crippen LogP contribution in [0, 0.1) is 12.7 Å². The summed E-state index contributed by atoms with van der Waals surface area (Å²) in [6, 6.07) is 6.08. The molecule has 0 radical (unpaired) electrons. The average Bonchev–Trinajstić information content (AvgIpc) is 3.12. The number of carbonyl (C=O) groups is 2. The first-order valence-corrected chi connectivity index (χ1v) is 8.52. The highest BCUT2D eigenvalue weighted by Gasteiger charge is 2.17. The van der Waals surface area contributed by atoms with Crippen LogP contribution in [0.2, 0.25) is 0 Å². The van der Waals surface area contributed by atoms with E-state index in [1.54, 1.807) is 12.1 Å². The molecule has 2 heterocycles. The maximum atomic E-state index is 13.0. The van der Waals surface area contributed by atoms with E-state index in [0.717, 1.165) is 11.3 Å². The molecular weight excluding hydrogens is 345 g/mol. The second-order valence-corrected chi connectivity index (χ2v) is 6.53. The fraction of sp³-hybridized carbons (Fsp3) is 0.235. The number of amides is 1. The molecule has 0 unspecified atom stereocenters. The lowest BCUT2D eigenvalue weighted by Crippen LogP contribution is -2.24. The van der Waals surface area contributed by atoms with Crippen molar-refractivity contribution in [2.24, 2.45) is 0 Å². The molecule has 3 rings (SSSR count). The van der Waals surface area contributed by atoms with Crippen molar-refractivity contribution in [3.8, 4) is 11.3 Å². The molecule has 6 nitrogen and oxygen atoms in total. The van der Waals surface area contributed by atoms with Crippen molar-refractivity contribution in [1.29, 1.82) is 0 Å². The molecule has 3 aromatic rings. The summed E-state index contributed by atoms with van der Waals surface area (Å²) in [5.74, 6) is -1.42. The van der Waals surface area contributed by atoms with Gasteiger partial charge in [0.05, 0.1) is 5.69 Å². The maximum absolute atomic E-state index is 13.0. The van der Waals surface area contributed by atoms with E-state index in [2.05, 4.69) is 10.3 Å². The smallest absolute Gasteiger partial charge is 0.303 e. The predicted octanol–water partition coefficient (Wildman–Crippen LogP) is 3.10. The number of hydrogen-bond donors (Lipinski definition) is 2. The van der Waals surface area contributed by atoms with Crippen molar-refractivity contribution >= 4 is 28.2 Å². The summed E-state index contributed by atoms with van der Waals surface area (Å²) in [5, 5.41) is 11.3. The quantitative estimate of drug-likeness (QED) is 0.661. The number of benzene rings is 1. The monoisotopic (exact) mass is 361 g/mol. The van der Waals surface area contributed by atoms with E-state index >= 15 is 0 Å². The fourth-order valence-electron chi connectivity index (χ4n) is 2.44. The molecule has 0 saturated carbocycles. The number of aliphatic carboxylic acids is 1. The van der Waals surface area contributed by atoms with E-state index < -0.39 is 5.97 Å². The fourth-order valence-corrected chi connectivity index (χ4v) is 3.47. The molecule has 0 bridgehead atoms. The lowest BCUT2D eigenvalue weighted by Gasteiger charge is -2.03. The molecule has 0 aliphatic rings. The van der Waals surface area contributed by atoms with Crippen LogP contribution in [0.1, 0.15) is 28.2 Å². The number of halogens is 1. The van der Waals surface area contributed by atoms with Crippen LogP contribution in [-0.2, 0) is 4.79 Å². The van der Waals surface area contributed by atoms with Gasteiger partial charge in [-0.15, -0.1) is 0 Å². The van der Waals surface area contributed by atoms with Crippen molar-refractivity contribution in [2.45, 2.75) is 19.8 Å². The maximum Gasteiger partial charge on any atom is 0.303 e. The lowest BCUT2D eigenvalue weighted by molar-refractivity contribution is -0.137. The molecule has 0 aliphatic heterocycles. The van der Waals surface area contributed by atoms with Crippen LogP contribution in [0.25, 0.3) is 16.2 Å². The molecule has 8 heteroatoms. The Morgan fingerprint density at radius 1 is 1.32 bits per heavy atom. The van der Waals surface area contributed by atoms with Gasteiger partial charge in [0.25, 0.3) is 5.91 Å². The highest BCUT2D eigenvalue weighted by molar-refractivity contribution is 7.19. The van der Waals surface area contributed by atoms with Crippen molar-refractivity contribution in [1.82, 2.24) is 14.7 Å². The highest BCUT2D eigenvalue weighted by Crippen LogP contribution is 2.27. The van der Waals surface area contributed by atoms with Gasteiger partial charge < -0.3 is 10.4 Å². The molecule has 130 valence electrons. The number of carboxylic acid groups (broad SMARTS) is 1. The summed E-state index contributed by atoms with van der Waals surface area (Å²) in [7, 11) is 0. The van der Waals surface area contributed by atoms with Crippen LogP contribution < -0.4 is 5.32 Å². The number of imidazole rings is 1. The Balaban J connectivity index is 1.77. The molecule has 0 atom stereocenters. The van der Waals surface area contributed by atoms with E-state index in [4.69, 9.17) is 5.11 Å². The van der Waals surface area contributed by atoms with E-state index in [9.17, 15) is 14.0 Å². The molecule has 0 saturated heterocycles. The second-order valence-electron chi connectivity index (χ2n) is 5.56. The Labute approximate surface area is 146 Å². The molecule has 2 aromatic heterocycles. The average molecular weight is 361 g/mol. The predicted molar refractivity (Wildman–Crippen MR) is 92.4 cm³/mol. The van der Waals surface area contributed by atoms with E-state index in [-0.39, 0.29) is 18.1 Å². The number of carboxylic acids is 1. The molecule has 25 heavy (non-hydrogen) atoms. The third-order valence-corrected chi connectivity index (χ3v) is 4.91. The normalized spacial score (nSPS) is 11.0. The van der Waals surface area contributed by atoms with E-state index in [0.29, 0.717) is 28.5 Å². The van der Waals surface area contributed by atoms with Gasteiger partial charge in [-0.2, -0.15) is 0 Å². The number of aryl methyl sites for hydroxylation is 1. The summed E-state index contributed by atoms with van der Waals surface area (Å²) in [5.41, 5.74) is 2.27. The molecule has 0 aliphatic carbocycles. The van der Waals surface area contributed by atoms with Crippen molar-refractivity contribution in [2.75, 3.05) is 6.54 Å². The van der Waals surface area contributed by atoms with Crippen molar-refractivity contribution in [3.63, 3.8) is 0 Å². The number of nitrogens with one attached hydrogen (secondary N) is 1. The second kappa shape index (κ2) is 7.02. The van der Waals surface area contributed by atoms with Crippen LogP contribution in [0.5, 0.6) is 0 Å². The Morgan fingerprint density at radius 2 is 2.04 bits per heavy atom. The summed E-state index contributed by atoms with van der Waals surface area (Å²) < 4.78 is 14.9. The van der Waals surface area contributed by atoms with Crippen LogP contribution in [0.4, 0.5) is 4.39 Å². The lowest BCUT2D eigenvalue weighted by atomic mass is 10.2. The van der Waals surface area contributed by atoms with Crippen LogP contribution in [0.3, 0.4) is 0 Å². The summed E-state index contributed by atoms with van der Waals surface area (Å²) in [6.45, 7) is 2.14. The minimum absolute atomic E-state index is 0.0219. The third kappa shape index (κ3) is 3.69. The van der Waals surface area contributed by atoms with Crippen LogP contribution in [-0.4, -0.2) is 32.9 Å². The SMILES string of the molecule is Cc1c(C(=O)NCCCC(=O)O)sc2nc(-c3ccc(F)cc3)cn12. The first-order valence-electron chi connectivity index (χ1n) is 7.70. The molecule has 2 N–H and O–H groups in total. The van der Waals surface area contributed by atoms with Gasteiger partial charge in [-0.3, -0.25) is 14.0 Å². The number of thiazole rings is 1. The molecule has 1 amide bonds. The highest BCUT2D eigenvalue weighted by atomic mass is 32.1. The number of carbonyl (C=O) groups excluding carboxylic acids is 1. The summed E-state index contributed by atoms with van der Waals surface area (Å²) in [4.78, 5) is 28.4. The molecule has 1 aromatic carbocycles. The largest absolute Gasteiger partial charge is 0.481 e. The third-order valence-electron chi connectivity index (χ3n) is 3.76. The minimum Gasteiger partial charge on any atom is -0.481 e. The van der Waals surface area contributed by atoms with Gasteiger partial charge in [0, 0.05) is 30.4 Å². The van der Waals surface area contributed by atoms with Crippen molar-refractivity contribution in [3.05, 3.63) is 46.9 Å². The zero-order valence-electron chi connectivity index (χ0n) is 13.5. The summed E-state index contributed by atoms with van der Waals surface area (Å²) >= 11 is 1.26. The van der Waals surface area contributed by atoms with Gasteiger partial charge in [-0.1, -0.05) is 11.3 Å². The minimum atomic E-state index is -0.881. The Kier molecular flexibility index (Phi) is 4.80. The number of fused-ring (bicyclic) bond motifs is 1. The summed E-state index contributed by atoms with van der Waals surface area (Å²) in [6.07, 6.45) is 2.22. The first kappa shape index (κ1) is 17.1. The standard InChI is InChI=1S/C17H16FN3O3S/c1-10-15(16(24)19-8-2-3-14(22)23)25-17-20-13(9-21(10)17)11-4-6-12(18)7-5-11/h4-7,9H,2-3,8H2,1H3,(H,19,24)(H,22,23). The Morgan fingerprint density at radius 3 is 2.68 bits per heavy atom. The zero-order chi connectivity index (χ0) is 18.0. The van der Waals surface area contributed by atoms with Gasteiger partial charge in [0.2, 0.25) is 0 Å². The molecular formula is C17H16FN3O3S. The van der Waals surface area contributed by atoms with Crippen LogP contribution >= 0.6 is 11.3 Å². The van der Waals surface area contributed by atoms with Gasteiger partial charge in [-0.25, -0.2) is 9.37 Å². The van der Waals surface area contributed by atoms with Gasteiger partial charge in [0.1, 0.15) is 10.7 Å². The topological polar surface area (TPSA) is 83.7 Å². The van der Waals surface area contributed by atoms with Crippen LogP contribution in [0.15, 0.2) is 30.5 Å². The molecule has 0 fully saturated rings. The van der Waals surface area contributed by atoms with Crippen molar-refractivity contribution < 1.29 is 19.1 Å². The first-order chi connectivity index (χ1) is 12.0. The zero-order valence-corrected chi connectivity index (χ0v) is 14.3.